The van der Waals surface area contributed by atoms with E-state index in [-0.39, 0.29) is 27.7 Å². The number of benzene rings is 2. The second-order valence-corrected chi connectivity index (χ2v) is 6.24. The van der Waals surface area contributed by atoms with Crippen LogP contribution in [0.4, 0.5) is 5.69 Å². The molecule has 7 heteroatoms. The molecule has 0 spiro atoms. The van der Waals surface area contributed by atoms with Crippen molar-refractivity contribution in [3.8, 4) is 0 Å². The summed E-state index contributed by atoms with van der Waals surface area (Å²) in [6, 6.07) is 9.88. The largest absolute Gasteiger partial charge is 0.325 e. The van der Waals surface area contributed by atoms with Gasteiger partial charge in [0.25, 0.3) is 11.8 Å². The van der Waals surface area contributed by atoms with Crippen molar-refractivity contribution in [2.75, 3.05) is 11.9 Å². The van der Waals surface area contributed by atoms with Crippen molar-refractivity contribution < 1.29 is 14.4 Å². The van der Waals surface area contributed by atoms with Gasteiger partial charge in [0.05, 0.1) is 21.2 Å². The monoisotopic (exact) mass is 362 g/mol. The highest BCUT2D eigenvalue weighted by Crippen LogP contribution is 2.31. The molecule has 0 fully saturated rings. The second-order valence-electron chi connectivity index (χ2n) is 5.42. The molecule has 122 valence electrons. The summed E-state index contributed by atoms with van der Waals surface area (Å²) in [5, 5.41) is 3.02. The fourth-order valence-corrected chi connectivity index (χ4v) is 2.74. The molecule has 1 aliphatic rings. The highest BCUT2D eigenvalue weighted by molar-refractivity contribution is 6.43. The van der Waals surface area contributed by atoms with Gasteiger partial charge in [-0.25, -0.2) is 0 Å². The van der Waals surface area contributed by atoms with Crippen LogP contribution in [0.25, 0.3) is 0 Å². The molecule has 0 unspecified atom stereocenters. The number of nitrogens with one attached hydrogen (secondary N) is 1. The van der Waals surface area contributed by atoms with E-state index in [1.54, 1.807) is 12.1 Å². The Bertz CT molecular complexity index is 822. The molecule has 1 aliphatic heterocycles. The fraction of sp³-hybridized carbons (Fsp3) is 0.118. The van der Waals surface area contributed by atoms with Crippen LogP contribution in [0.2, 0.25) is 10.0 Å². The zero-order valence-corrected chi connectivity index (χ0v) is 14.1. The van der Waals surface area contributed by atoms with Crippen LogP contribution >= 0.6 is 23.2 Å². The number of hydrogen-bond donors (Lipinski definition) is 1. The topological polar surface area (TPSA) is 66.5 Å². The maximum absolute atomic E-state index is 12.3. The molecule has 0 aromatic heterocycles. The number of amides is 3. The normalized spacial score (nSPS) is 13.2. The number of imide groups is 1. The van der Waals surface area contributed by atoms with Gasteiger partial charge in [-0.15, -0.1) is 0 Å². The van der Waals surface area contributed by atoms with Crippen LogP contribution in [0.15, 0.2) is 36.4 Å². The van der Waals surface area contributed by atoms with Gasteiger partial charge in [0.2, 0.25) is 5.91 Å². The summed E-state index contributed by atoms with van der Waals surface area (Å²) < 4.78 is 0. The van der Waals surface area contributed by atoms with Crippen LogP contribution in [0, 0.1) is 6.92 Å². The lowest BCUT2D eigenvalue weighted by molar-refractivity contribution is -0.116. The first-order valence-corrected chi connectivity index (χ1v) is 7.84. The summed E-state index contributed by atoms with van der Waals surface area (Å²) in [6.45, 7) is 1.55. The lowest BCUT2D eigenvalue weighted by Gasteiger charge is -2.13. The first-order chi connectivity index (χ1) is 11.4. The third-order valence-corrected chi connectivity index (χ3v) is 4.37. The number of carbonyl (C=O) groups excluding carboxylic acids is 3. The lowest BCUT2D eigenvalue weighted by Crippen LogP contribution is -2.37. The number of rotatable bonds is 3. The van der Waals surface area contributed by atoms with Crippen molar-refractivity contribution in [1.82, 2.24) is 4.90 Å². The third kappa shape index (κ3) is 3.00. The summed E-state index contributed by atoms with van der Waals surface area (Å²) in [5.74, 6) is -1.59. The SMILES string of the molecule is Cc1ccc(NC(=O)CN2C(=O)c3cc(Cl)c(Cl)cc3C2=O)cc1. The molecule has 2 aromatic rings. The molecule has 0 aliphatic carbocycles. The Morgan fingerprint density at radius 3 is 2.00 bits per heavy atom. The molecule has 5 nitrogen and oxygen atoms in total. The molecule has 1 N–H and O–H groups in total. The number of carbonyl (C=O) groups is 3. The standard InChI is InChI=1S/C17H12Cl2N2O3/c1-9-2-4-10(5-3-9)20-15(22)8-21-16(23)11-6-13(18)14(19)7-12(11)17(21)24/h2-7H,8H2,1H3,(H,20,22). The van der Waals surface area contributed by atoms with E-state index in [2.05, 4.69) is 5.32 Å². The maximum Gasteiger partial charge on any atom is 0.262 e. The zero-order valence-electron chi connectivity index (χ0n) is 12.6. The van der Waals surface area contributed by atoms with Crippen LogP contribution in [0.1, 0.15) is 26.3 Å². The van der Waals surface area contributed by atoms with Gasteiger partial charge in [-0.05, 0) is 31.2 Å². The van der Waals surface area contributed by atoms with E-state index in [0.29, 0.717) is 5.69 Å². The van der Waals surface area contributed by atoms with E-state index < -0.39 is 17.7 Å². The minimum absolute atomic E-state index is 0.150. The number of nitrogens with zero attached hydrogens (tertiary/aromatic N) is 1. The number of halogens is 2. The van der Waals surface area contributed by atoms with E-state index in [0.717, 1.165) is 10.5 Å². The van der Waals surface area contributed by atoms with E-state index >= 15 is 0 Å². The van der Waals surface area contributed by atoms with E-state index in [4.69, 9.17) is 23.2 Å². The predicted octanol–water partition coefficient (Wildman–Crippen LogP) is 3.54. The predicted molar refractivity (Wildman–Crippen MR) is 91.6 cm³/mol. The van der Waals surface area contributed by atoms with Crippen LogP contribution in [0.3, 0.4) is 0 Å². The van der Waals surface area contributed by atoms with Gasteiger partial charge in [0.1, 0.15) is 6.54 Å². The Labute approximate surface area is 148 Å². The summed E-state index contributed by atoms with van der Waals surface area (Å²) in [6.07, 6.45) is 0. The highest BCUT2D eigenvalue weighted by atomic mass is 35.5. The van der Waals surface area contributed by atoms with Gasteiger partial charge in [-0.3, -0.25) is 19.3 Å². The van der Waals surface area contributed by atoms with Crippen LogP contribution < -0.4 is 5.32 Å². The Balaban J connectivity index is 1.76. The van der Waals surface area contributed by atoms with Crippen molar-refractivity contribution in [3.05, 3.63) is 63.1 Å². The zero-order chi connectivity index (χ0) is 17.4. The van der Waals surface area contributed by atoms with Crippen molar-refractivity contribution in [2.24, 2.45) is 0 Å². The third-order valence-electron chi connectivity index (χ3n) is 3.65. The average molecular weight is 363 g/mol. The van der Waals surface area contributed by atoms with Gasteiger partial charge < -0.3 is 5.32 Å². The Kier molecular flexibility index (Phi) is 4.30. The molecule has 0 saturated heterocycles. The smallest absolute Gasteiger partial charge is 0.262 e. The molecule has 3 amide bonds. The molecule has 0 radical (unpaired) electrons. The van der Waals surface area contributed by atoms with Gasteiger partial charge >= 0.3 is 0 Å². The molecule has 2 aromatic carbocycles. The van der Waals surface area contributed by atoms with Crippen molar-refractivity contribution in [2.45, 2.75) is 6.92 Å². The first-order valence-electron chi connectivity index (χ1n) is 7.08. The number of hydrogen-bond acceptors (Lipinski definition) is 3. The molecule has 1 heterocycles. The minimum atomic E-state index is -0.562. The summed E-state index contributed by atoms with van der Waals surface area (Å²) in [5.41, 5.74) is 1.95. The van der Waals surface area contributed by atoms with Gasteiger partial charge in [0, 0.05) is 5.69 Å². The molecule has 3 rings (SSSR count). The molecular formula is C17H12Cl2N2O3. The molecule has 0 atom stereocenters. The molecule has 24 heavy (non-hydrogen) atoms. The Morgan fingerprint density at radius 2 is 1.50 bits per heavy atom. The molecule has 0 bridgehead atoms. The van der Waals surface area contributed by atoms with Gasteiger partial charge in [-0.1, -0.05) is 40.9 Å². The van der Waals surface area contributed by atoms with Gasteiger partial charge in [-0.2, -0.15) is 0 Å². The van der Waals surface area contributed by atoms with Crippen molar-refractivity contribution in [1.29, 1.82) is 0 Å². The van der Waals surface area contributed by atoms with Crippen molar-refractivity contribution in [3.63, 3.8) is 0 Å². The fourth-order valence-electron chi connectivity index (χ4n) is 2.41. The van der Waals surface area contributed by atoms with Crippen LogP contribution in [-0.4, -0.2) is 29.2 Å². The quantitative estimate of drug-likeness (QED) is 0.849. The maximum atomic E-state index is 12.3. The van der Waals surface area contributed by atoms with Crippen LogP contribution in [-0.2, 0) is 4.79 Å². The lowest BCUT2D eigenvalue weighted by atomic mass is 10.1. The Morgan fingerprint density at radius 1 is 1.00 bits per heavy atom. The summed E-state index contributed by atoms with van der Waals surface area (Å²) >= 11 is 11.8. The summed E-state index contributed by atoms with van der Waals surface area (Å²) in [4.78, 5) is 37.6. The number of aryl methyl sites for hydroxylation is 1. The van der Waals surface area contributed by atoms with Crippen LogP contribution in [0.5, 0.6) is 0 Å². The van der Waals surface area contributed by atoms with E-state index in [9.17, 15) is 14.4 Å². The highest BCUT2D eigenvalue weighted by Gasteiger charge is 2.37. The molecular weight excluding hydrogens is 351 g/mol. The van der Waals surface area contributed by atoms with Crippen molar-refractivity contribution >= 4 is 46.6 Å². The molecule has 0 saturated carbocycles. The second kappa shape index (κ2) is 6.26. The number of fused-ring (bicyclic) bond motifs is 1. The van der Waals surface area contributed by atoms with Gasteiger partial charge in [0.15, 0.2) is 0 Å². The first kappa shape index (κ1) is 16.5. The van der Waals surface area contributed by atoms with E-state index in [1.165, 1.54) is 12.1 Å². The van der Waals surface area contributed by atoms with E-state index in [1.807, 2.05) is 19.1 Å². The Hall–Kier alpha value is -2.37. The minimum Gasteiger partial charge on any atom is -0.325 e. The number of anilines is 1. The average Bonchev–Trinajstić information content (AvgIpc) is 2.75. The summed E-state index contributed by atoms with van der Waals surface area (Å²) in [7, 11) is 0.